The van der Waals surface area contributed by atoms with E-state index in [2.05, 4.69) is 4.74 Å². The highest BCUT2D eigenvalue weighted by Crippen LogP contribution is 2.57. The van der Waals surface area contributed by atoms with Gasteiger partial charge in [0.15, 0.2) is 0 Å². The monoisotopic (exact) mass is 416 g/mol. The fraction of sp³-hybridized carbons (Fsp3) is 1.00. The fourth-order valence-electron chi connectivity index (χ4n) is 1.75. The number of rotatable bonds is 6. The van der Waals surface area contributed by atoms with Crippen molar-refractivity contribution in [1.82, 2.24) is 0 Å². The van der Waals surface area contributed by atoms with Gasteiger partial charge < -0.3 is 0 Å². The van der Waals surface area contributed by atoms with Gasteiger partial charge in [-0.1, -0.05) is 27.7 Å². The lowest BCUT2D eigenvalue weighted by molar-refractivity contribution is -0.463. The number of hydrogen-bond acceptors (Lipinski definition) is 1. The predicted octanol–water partition coefficient (Wildman–Crippen LogP) is 6.43. The van der Waals surface area contributed by atoms with E-state index in [1.807, 2.05) is 0 Å². The first kappa shape index (κ1) is 25.1. The largest absolute Gasteiger partial charge is 0.483 e. The quantitative estimate of drug-likeness (QED) is 0.454. The molecule has 0 bridgehead atoms. The molecule has 2 unspecified atom stereocenters. The van der Waals surface area contributed by atoms with E-state index < -0.39 is 54.2 Å². The van der Waals surface area contributed by atoms with E-state index in [-0.39, 0.29) is 6.92 Å². The molecule has 1 nitrogen and oxygen atoms in total. The zero-order valence-electron chi connectivity index (χ0n) is 14.0. The van der Waals surface area contributed by atoms with Crippen molar-refractivity contribution in [2.45, 2.75) is 70.5 Å². The molecule has 13 heteroatoms. The summed E-state index contributed by atoms with van der Waals surface area (Å²) < 4.78 is 161. The van der Waals surface area contributed by atoms with Gasteiger partial charge in [0.25, 0.3) is 5.85 Å². The number of hydrogen-bond donors (Lipinski definition) is 0. The van der Waals surface area contributed by atoms with E-state index in [0.717, 1.165) is 0 Å². The second kappa shape index (κ2) is 6.33. The SMILES string of the molecule is CC(C(F)(F)C(C)(F)OC(F)(F)C(F)(F)F)C(F)(F)C(F)(F)C(C)(C)C. The first-order valence-electron chi connectivity index (χ1n) is 6.83. The van der Waals surface area contributed by atoms with Crippen molar-refractivity contribution in [1.29, 1.82) is 0 Å². The van der Waals surface area contributed by atoms with Gasteiger partial charge in [-0.2, -0.15) is 48.3 Å². The molecule has 0 spiro atoms. The topological polar surface area (TPSA) is 9.23 Å². The van der Waals surface area contributed by atoms with Crippen LogP contribution in [0.5, 0.6) is 0 Å². The molecule has 158 valence electrons. The Morgan fingerprint density at radius 1 is 0.615 bits per heavy atom. The second-order valence-corrected chi connectivity index (χ2v) is 6.83. The van der Waals surface area contributed by atoms with Crippen molar-refractivity contribution in [3.8, 4) is 0 Å². The normalized spacial score (nSPS) is 19.3. The van der Waals surface area contributed by atoms with E-state index in [9.17, 15) is 52.7 Å². The summed E-state index contributed by atoms with van der Waals surface area (Å²) in [5.74, 6) is -26.1. The lowest BCUT2D eigenvalue weighted by Crippen LogP contribution is -2.63. The van der Waals surface area contributed by atoms with Gasteiger partial charge in [0, 0.05) is 12.3 Å². The van der Waals surface area contributed by atoms with Crippen LogP contribution in [0.25, 0.3) is 0 Å². The molecule has 0 heterocycles. The first-order valence-corrected chi connectivity index (χ1v) is 6.83. The van der Waals surface area contributed by atoms with Crippen molar-refractivity contribution < 1.29 is 57.4 Å². The number of ether oxygens (including phenoxy) is 1. The maximum atomic E-state index is 13.9. The van der Waals surface area contributed by atoms with Crippen LogP contribution >= 0.6 is 0 Å². The van der Waals surface area contributed by atoms with Crippen LogP contribution in [0.2, 0.25) is 0 Å². The van der Waals surface area contributed by atoms with Crippen LogP contribution in [0.15, 0.2) is 0 Å². The molecule has 0 saturated carbocycles. The Labute approximate surface area is 140 Å². The summed E-state index contributed by atoms with van der Waals surface area (Å²) in [6.07, 6.45) is -13.1. The molecule has 0 radical (unpaired) electrons. The second-order valence-electron chi connectivity index (χ2n) is 6.83. The Hall–Kier alpha value is -0.880. The van der Waals surface area contributed by atoms with E-state index in [4.69, 9.17) is 0 Å². The third kappa shape index (κ3) is 4.01. The Balaban J connectivity index is 6.01. The van der Waals surface area contributed by atoms with Crippen LogP contribution in [0.4, 0.5) is 52.7 Å². The van der Waals surface area contributed by atoms with Crippen LogP contribution in [-0.4, -0.2) is 35.9 Å². The van der Waals surface area contributed by atoms with Crippen molar-refractivity contribution >= 4 is 0 Å². The van der Waals surface area contributed by atoms with Crippen molar-refractivity contribution in [3.05, 3.63) is 0 Å². The maximum Gasteiger partial charge on any atom is 0.483 e. The third-order valence-electron chi connectivity index (χ3n) is 3.69. The van der Waals surface area contributed by atoms with Gasteiger partial charge >= 0.3 is 30.1 Å². The van der Waals surface area contributed by atoms with Gasteiger partial charge in [-0.05, 0) is 0 Å². The Kier molecular flexibility index (Phi) is 6.12. The Morgan fingerprint density at radius 2 is 0.962 bits per heavy atom. The Bertz CT molecular complexity index is 500. The highest BCUT2D eigenvalue weighted by molar-refractivity contribution is 5.03. The summed E-state index contributed by atoms with van der Waals surface area (Å²) >= 11 is 0. The van der Waals surface area contributed by atoms with Crippen molar-refractivity contribution in [2.75, 3.05) is 0 Å². The van der Waals surface area contributed by atoms with Gasteiger partial charge in [0.2, 0.25) is 0 Å². The van der Waals surface area contributed by atoms with E-state index in [0.29, 0.717) is 20.8 Å². The molecule has 0 fully saturated rings. The molecule has 0 rings (SSSR count). The minimum Gasteiger partial charge on any atom is -0.270 e. The molecular weight excluding hydrogens is 400 g/mol. The van der Waals surface area contributed by atoms with Crippen LogP contribution in [0.3, 0.4) is 0 Å². The Morgan fingerprint density at radius 3 is 1.23 bits per heavy atom. The molecule has 0 aromatic carbocycles. The molecule has 0 amide bonds. The molecule has 2 atom stereocenters. The highest BCUT2D eigenvalue weighted by Gasteiger charge is 2.75. The molecule has 0 aromatic heterocycles. The smallest absolute Gasteiger partial charge is 0.270 e. The highest BCUT2D eigenvalue weighted by atomic mass is 19.4. The van der Waals surface area contributed by atoms with Crippen molar-refractivity contribution in [3.63, 3.8) is 0 Å². The summed E-state index contributed by atoms with van der Waals surface area (Å²) in [6, 6.07) is 0. The van der Waals surface area contributed by atoms with Gasteiger partial charge in [-0.25, -0.2) is 4.39 Å². The van der Waals surface area contributed by atoms with Crippen LogP contribution in [0, 0.1) is 11.3 Å². The molecule has 0 aliphatic carbocycles. The molecule has 0 aromatic rings. The molecule has 0 aliphatic heterocycles. The number of alkyl halides is 12. The summed E-state index contributed by atoms with van der Waals surface area (Å²) in [5.41, 5.74) is -2.63. The summed E-state index contributed by atoms with van der Waals surface area (Å²) in [5, 5.41) is 0. The molecule has 26 heavy (non-hydrogen) atoms. The molecule has 0 N–H and O–H groups in total. The predicted molar refractivity (Wildman–Crippen MR) is 65.1 cm³/mol. The summed E-state index contributed by atoms with van der Waals surface area (Å²) in [4.78, 5) is 0. The van der Waals surface area contributed by atoms with Crippen LogP contribution in [0.1, 0.15) is 34.6 Å². The van der Waals surface area contributed by atoms with Gasteiger partial charge in [0.05, 0.1) is 5.92 Å². The van der Waals surface area contributed by atoms with Gasteiger partial charge in [0.1, 0.15) is 0 Å². The average molecular weight is 416 g/mol. The van der Waals surface area contributed by atoms with Gasteiger partial charge in [-0.3, -0.25) is 4.74 Å². The molecule has 0 aliphatic rings. The lowest BCUT2D eigenvalue weighted by Gasteiger charge is -2.44. The zero-order chi connectivity index (χ0) is 21.8. The fourth-order valence-corrected chi connectivity index (χ4v) is 1.75. The maximum absolute atomic E-state index is 13.9. The molecule has 0 saturated heterocycles. The molecular formula is C13H16F12O. The van der Waals surface area contributed by atoms with Crippen molar-refractivity contribution in [2.24, 2.45) is 11.3 Å². The van der Waals surface area contributed by atoms with Gasteiger partial charge in [-0.15, -0.1) is 0 Å². The zero-order valence-corrected chi connectivity index (χ0v) is 14.0. The average Bonchev–Trinajstić information content (AvgIpc) is 2.33. The van der Waals surface area contributed by atoms with E-state index in [1.54, 1.807) is 0 Å². The van der Waals surface area contributed by atoms with E-state index >= 15 is 0 Å². The first-order chi connectivity index (χ1) is 10.9. The summed E-state index contributed by atoms with van der Waals surface area (Å²) in [7, 11) is 0. The standard InChI is InChI=1S/C13H16F12O/c1-6(10(17,18)11(19,20)7(2,3)4)9(15,16)8(5,14)26-13(24,25)12(21,22)23/h6H,1-5H3. The minimum atomic E-state index is -6.66. The number of halogens is 12. The summed E-state index contributed by atoms with van der Waals surface area (Å²) in [6.45, 7) is 0.610. The van der Waals surface area contributed by atoms with Crippen LogP contribution < -0.4 is 0 Å². The minimum absolute atomic E-state index is 0.313. The lowest BCUT2D eigenvalue weighted by atomic mass is 9.77. The third-order valence-corrected chi connectivity index (χ3v) is 3.69. The van der Waals surface area contributed by atoms with Crippen LogP contribution in [-0.2, 0) is 4.74 Å². The van der Waals surface area contributed by atoms with E-state index in [1.165, 1.54) is 0 Å².